The number of allylic oxidation sites excluding steroid dienone is 1. The minimum atomic E-state index is 0.0732. The minimum Gasteiger partial charge on any atom is -0.469 e. The number of hydrogen-bond donors (Lipinski definition) is 1. The first-order valence-corrected chi connectivity index (χ1v) is 7.19. The second kappa shape index (κ2) is 4.12. The Morgan fingerprint density at radius 2 is 2.26 bits per heavy atom. The van der Waals surface area contributed by atoms with Gasteiger partial charge in [-0.2, -0.15) is 0 Å². The fraction of sp³-hybridized carbons (Fsp3) is 0.600. The molecule has 0 amide bonds. The molecule has 0 aromatic carbocycles. The Morgan fingerprint density at radius 1 is 1.37 bits per heavy atom. The topological polar surface area (TPSA) is 27.7 Å². The van der Waals surface area contributed by atoms with Gasteiger partial charge in [-0.3, -0.25) is 4.90 Å². The Hall–Kier alpha value is -1.26. The molecular formula is C15H21N3O. The molecule has 0 spiro atoms. The monoisotopic (exact) mass is 259 g/mol. The van der Waals surface area contributed by atoms with Gasteiger partial charge in [0, 0.05) is 36.1 Å². The summed E-state index contributed by atoms with van der Waals surface area (Å²) in [5.41, 5.74) is 1.21. The van der Waals surface area contributed by atoms with Crippen molar-refractivity contribution < 1.29 is 4.74 Å². The standard InChI is InChI=1S/C15H21N3O/c1-17(2)15-7-10-5-6-18(9-14(10)19-15)13-8-11-3-4-12(13)16-11/h5-7,9,11-13,15-16H,3-4,8H2,1-2H3/t11-,12+,13-,15?/m1/s1. The van der Waals surface area contributed by atoms with Crippen molar-refractivity contribution in [3.05, 3.63) is 35.9 Å². The lowest BCUT2D eigenvalue weighted by atomic mass is 9.94. The Bertz CT molecular complexity index is 480. The van der Waals surface area contributed by atoms with Crippen molar-refractivity contribution in [2.45, 2.75) is 43.6 Å². The van der Waals surface area contributed by atoms with Gasteiger partial charge < -0.3 is 15.0 Å². The number of ether oxygens (including phenoxy) is 1. The Labute approximate surface area is 114 Å². The lowest BCUT2D eigenvalue weighted by Gasteiger charge is -2.32. The lowest BCUT2D eigenvalue weighted by molar-refractivity contribution is 0.0604. The molecule has 4 atom stereocenters. The van der Waals surface area contributed by atoms with Crippen LogP contribution in [0.15, 0.2) is 35.9 Å². The van der Waals surface area contributed by atoms with Crippen LogP contribution in [0.1, 0.15) is 19.3 Å². The van der Waals surface area contributed by atoms with Crippen LogP contribution in [0.5, 0.6) is 0 Å². The van der Waals surface area contributed by atoms with E-state index in [0.29, 0.717) is 12.1 Å². The van der Waals surface area contributed by atoms with Crippen molar-refractivity contribution >= 4 is 0 Å². The first kappa shape index (κ1) is 11.6. The largest absolute Gasteiger partial charge is 0.469 e. The molecule has 0 saturated carbocycles. The molecule has 0 radical (unpaired) electrons. The quantitative estimate of drug-likeness (QED) is 0.811. The predicted molar refractivity (Wildman–Crippen MR) is 74.1 cm³/mol. The van der Waals surface area contributed by atoms with Crippen molar-refractivity contribution in [1.82, 2.24) is 15.1 Å². The van der Waals surface area contributed by atoms with Gasteiger partial charge in [-0.1, -0.05) is 0 Å². The van der Waals surface area contributed by atoms with Gasteiger partial charge in [0.05, 0.1) is 0 Å². The summed E-state index contributed by atoms with van der Waals surface area (Å²) in [5.74, 6) is 1.02. The van der Waals surface area contributed by atoms with E-state index in [1.165, 1.54) is 24.8 Å². The van der Waals surface area contributed by atoms with Crippen LogP contribution < -0.4 is 5.32 Å². The molecule has 4 rings (SSSR count). The summed E-state index contributed by atoms with van der Waals surface area (Å²) >= 11 is 0. The van der Waals surface area contributed by atoms with Gasteiger partial charge >= 0.3 is 0 Å². The van der Waals surface area contributed by atoms with Crippen LogP contribution in [0.2, 0.25) is 0 Å². The zero-order valence-corrected chi connectivity index (χ0v) is 11.5. The van der Waals surface area contributed by atoms with E-state index in [4.69, 9.17) is 4.74 Å². The molecule has 4 aliphatic rings. The molecule has 4 aliphatic heterocycles. The highest BCUT2D eigenvalue weighted by atomic mass is 16.5. The number of nitrogens with one attached hydrogen (secondary N) is 1. The van der Waals surface area contributed by atoms with E-state index in [0.717, 1.165) is 11.8 Å². The fourth-order valence-electron chi connectivity index (χ4n) is 3.64. The molecule has 19 heavy (non-hydrogen) atoms. The summed E-state index contributed by atoms with van der Waals surface area (Å²) in [6.45, 7) is 0. The van der Waals surface area contributed by atoms with Gasteiger partial charge in [0.15, 0.2) is 6.23 Å². The van der Waals surface area contributed by atoms with Gasteiger partial charge in [0.25, 0.3) is 0 Å². The molecule has 1 N–H and O–H groups in total. The van der Waals surface area contributed by atoms with Crippen LogP contribution in [0.3, 0.4) is 0 Å². The van der Waals surface area contributed by atoms with E-state index in [1.54, 1.807) is 0 Å². The van der Waals surface area contributed by atoms with Gasteiger partial charge in [0.1, 0.15) is 5.76 Å². The van der Waals surface area contributed by atoms with E-state index in [1.807, 2.05) is 14.1 Å². The predicted octanol–water partition coefficient (Wildman–Crippen LogP) is 1.39. The van der Waals surface area contributed by atoms with Gasteiger partial charge in [0.2, 0.25) is 0 Å². The van der Waals surface area contributed by atoms with E-state index >= 15 is 0 Å². The third-order valence-corrected chi connectivity index (χ3v) is 4.71. The molecule has 2 bridgehead atoms. The summed E-state index contributed by atoms with van der Waals surface area (Å²) in [4.78, 5) is 4.44. The van der Waals surface area contributed by atoms with Crippen LogP contribution in [0.25, 0.3) is 0 Å². The zero-order chi connectivity index (χ0) is 13.0. The van der Waals surface area contributed by atoms with Gasteiger partial charge in [-0.15, -0.1) is 0 Å². The number of fused-ring (bicyclic) bond motifs is 3. The molecule has 102 valence electrons. The molecule has 4 nitrogen and oxygen atoms in total. The van der Waals surface area contributed by atoms with Crippen LogP contribution in [-0.2, 0) is 4.74 Å². The summed E-state index contributed by atoms with van der Waals surface area (Å²) in [6, 6.07) is 1.99. The van der Waals surface area contributed by atoms with E-state index < -0.39 is 0 Å². The number of nitrogens with zero attached hydrogens (tertiary/aromatic N) is 2. The average Bonchev–Trinajstić information content (AvgIpc) is 3.11. The Balaban J connectivity index is 1.53. The van der Waals surface area contributed by atoms with Crippen LogP contribution in [0.4, 0.5) is 0 Å². The lowest BCUT2D eigenvalue weighted by Crippen LogP contribution is -2.38. The first-order chi connectivity index (χ1) is 9.20. The van der Waals surface area contributed by atoms with Crippen molar-refractivity contribution in [1.29, 1.82) is 0 Å². The molecule has 0 aromatic rings. The molecule has 4 heterocycles. The highest BCUT2D eigenvalue weighted by Gasteiger charge is 2.41. The number of likely N-dealkylation sites (N-methyl/N-ethyl adjacent to an activating group) is 1. The summed E-state index contributed by atoms with van der Waals surface area (Å²) in [5, 5.41) is 3.69. The summed E-state index contributed by atoms with van der Waals surface area (Å²) in [6.07, 6.45) is 12.8. The van der Waals surface area contributed by atoms with Crippen molar-refractivity contribution in [2.24, 2.45) is 0 Å². The van der Waals surface area contributed by atoms with Gasteiger partial charge in [-0.25, -0.2) is 0 Å². The Morgan fingerprint density at radius 3 is 2.95 bits per heavy atom. The highest BCUT2D eigenvalue weighted by Crippen LogP contribution is 2.36. The SMILES string of the molecule is CN(C)C1C=C2C=CN([C@@H]3C[C@H]4CC[C@@H]3N4)C=C2O1. The van der Waals surface area contributed by atoms with Crippen molar-refractivity contribution in [3.8, 4) is 0 Å². The smallest absolute Gasteiger partial charge is 0.172 e. The molecule has 0 aromatic heterocycles. The van der Waals surface area contributed by atoms with Crippen molar-refractivity contribution in [3.63, 3.8) is 0 Å². The second-order valence-electron chi connectivity index (χ2n) is 6.20. The van der Waals surface area contributed by atoms with Gasteiger partial charge in [-0.05, 0) is 45.5 Å². The summed E-state index contributed by atoms with van der Waals surface area (Å²) < 4.78 is 5.98. The first-order valence-electron chi connectivity index (χ1n) is 7.19. The second-order valence-corrected chi connectivity index (χ2v) is 6.20. The maximum atomic E-state index is 5.98. The third kappa shape index (κ3) is 1.82. The maximum absolute atomic E-state index is 5.98. The summed E-state index contributed by atoms with van der Waals surface area (Å²) in [7, 11) is 4.09. The van der Waals surface area contributed by atoms with Crippen LogP contribution in [-0.4, -0.2) is 48.2 Å². The zero-order valence-electron chi connectivity index (χ0n) is 11.5. The van der Waals surface area contributed by atoms with E-state index in [-0.39, 0.29) is 6.23 Å². The molecule has 1 unspecified atom stereocenters. The molecule has 2 fully saturated rings. The van der Waals surface area contributed by atoms with Crippen LogP contribution >= 0.6 is 0 Å². The fourth-order valence-corrected chi connectivity index (χ4v) is 3.64. The van der Waals surface area contributed by atoms with E-state index in [2.05, 4.69) is 39.7 Å². The molecule has 2 saturated heterocycles. The maximum Gasteiger partial charge on any atom is 0.172 e. The molecular weight excluding hydrogens is 238 g/mol. The number of rotatable bonds is 2. The Kier molecular flexibility index (Phi) is 2.50. The highest BCUT2D eigenvalue weighted by molar-refractivity contribution is 5.43. The molecule has 4 heteroatoms. The number of hydrogen-bond acceptors (Lipinski definition) is 4. The normalized spacial score (nSPS) is 39.4. The molecule has 0 aliphatic carbocycles. The minimum absolute atomic E-state index is 0.0732. The third-order valence-electron chi connectivity index (χ3n) is 4.71. The van der Waals surface area contributed by atoms with Crippen molar-refractivity contribution in [2.75, 3.05) is 14.1 Å². The van der Waals surface area contributed by atoms with Crippen LogP contribution in [0, 0.1) is 0 Å². The average molecular weight is 259 g/mol. The van der Waals surface area contributed by atoms with E-state index in [9.17, 15) is 0 Å².